The molecule has 1 aromatic carbocycles. The Balaban J connectivity index is 1.60. The first kappa shape index (κ1) is 16.7. The lowest BCUT2D eigenvalue weighted by atomic mass is 9.73. The number of carbonyl (C=O) groups excluding carboxylic acids is 1. The quantitative estimate of drug-likeness (QED) is 0.894. The largest absolute Gasteiger partial charge is 0.339 e. The molecule has 1 aromatic rings. The fourth-order valence-corrected chi connectivity index (χ4v) is 4.18. The van der Waals surface area contributed by atoms with Gasteiger partial charge in [0.2, 0.25) is 5.91 Å². The lowest BCUT2D eigenvalue weighted by molar-refractivity contribution is -0.134. The predicted octanol–water partition coefficient (Wildman–Crippen LogP) is 3.39. The predicted molar refractivity (Wildman–Crippen MR) is 89.7 cm³/mol. The van der Waals surface area contributed by atoms with Crippen LogP contribution in [0.15, 0.2) is 18.2 Å². The highest BCUT2D eigenvalue weighted by Crippen LogP contribution is 2.36. The first-order chi connectivity index (χ1) is 11.1. The van der Waals surface area contributed by atoms with E-state index < -0.39 is 0 Å². The maximum absolute atomic E-state index is 14.0. The van der Waals surface area contributed by atoms with Crippen molar-refractivity contribution < 1.29 is 9.18 Å². The lowest BCUT2D eigenvalue weighted by Gasteiger charge is -2.36. The fourth-order valence-electron chi connectivity index (χ4n) is 3.94. The zero-order valence-electron chi connectivity index (χ0n) is 13.3. The Morgan fingerprint density at radius 2 is 2.13 bits per heavy atom. The van der Waals surface area contributed by atoms with Crippen molar-refractivity contribution in [1.82, 2.24) is 4.90 Å². The summed E-state index contributed by atoms with van der Waals surface area (Å²) in [5, 5.41) is 0.453. The molecule has 2 aliphatic rings. The molecular weight excluding hydrogens is 315 g/mol. The minimum absolute atomic E-state index is 0.0716. The van der Waals surface area contributed by atoms with E-state index >= 15 is 0 Å². The molecule has 2 N–H and O–H groups in total. The van der Waals surface area contributed by atoms with Crippen LogP contribution in [0.25, 0.3) is 0 Å². The van der Waals surface area contributed by atoms with E-state index in [2.05, 4.69) is 0 Å². The molecule has 1 saturated carbocycles. The van der Waals surface area contributed by atoms with Crippen LogP contribution in [0.2, 0.25) is 5.02 Å². The molecular formula is C18H24ClFN2O. The van der Waals surface area contributed by atoms with E-state index in [4.69, 9.17) is 17.3 Å². The summed E-state index contributed by atoms with van der Waals surface area (Å²) in [6, 6.07) is 4.83. The van der Waals surface area contributed by atoms with Gasteiger partial charge < -0.3 is 10.6 Å². The highest BCUT2D eigenvalue weighted by Gasteiger charge is 2.34. The monoisotopic (exact) mass is 338 g/mol. The number of rotatable bonds is 5. The summed E-state index contributed by atoms with van der Waals surface area (Å²) in [7, 11) is 0. The molecule has 1 aliphatic carbocycles. The van der Waals surface area contributed by atoms with Crippen LogP contribution in [0, 0.1) is 17.7 Å². The van der Waals surface area contributed by atoms with Gasteiger partial charge in [0.25, 0.3) is 0 Å². The van der Waals surface area contributed by atoms with Crippen LogP contribution in [0.5, 0.6) is 0 Å². The number of hydrogen-bond acceptors (Lipinski definition) is 2. The Bertz CT molecular complexity index is 554. The normalized spacial score (nSPS) is 27.1. The zero-order chi connectivity index (χ0) is 16.4. The van der Waals surface area contributed by atoms with Crippen molar-refractivity contribution in [3.05, 3.63) is 34.6 Å². The van der Waals surface area contributed by atoms with Gasteiger partial charge in [0.05, 0.1) is 0 Å². The summed E-state index contributed by atoms with van der Waals surface area (Å²) in [5.74, 6) is 1.01. The van der Waals surface area contributed by atoms with Crippen molar-refractivity contribution in [2.75, 3.05) is 13.1 Å². The lowest BCUT2D eigenvalue weighted by Crippen LogP contribution is -2.40. The van der Waals surface area contributed by atoms with Crippen molar-refractivity contribution in [1.29, 1.82) is 0 Å². The van der Waals surface area contributed by atoms with Gasteiger partial charge in [0.1, 0.15) is 5.82 Å². The molecule has 0 bridgehead atoms. The van der Waals surface area contributed by atoms with Crippen LogP contribution in [0.3, 0.4) is 0 Å². The van der Waals surface area contributed by atoms with Gasteiger partial charge in [0.15, 0.2) is 0 Å². The van der Waals surface area contributed by atoms with Crippen molar-refractivity contribution >= 4 is 17.5 Å². The molecule has 126 valence electrons. The van der Waals surface area contributed by atoms with E-state index in [-0.39, 0.29) is 17.8 Å². The molecule has 1 atom stereocenters. The average Bonchev–Trinajstić information content (AvgIpc) is 2.94. The van der Waals surface area contributed by atoms with E-state index in [1.807, 2.05) is 4.90 Å². The Morgan fingerprint density at radius 1 is 1.35 bits per heavy atom. The second-order valence-electron chi connectivity index (χ2n) is 6.93. The summed E-state index contributed by atoms with van der Waals surface area (Å²) in [6.07, 6.45) is 5.16. The molecule has 3 nitrogen and oxygen atoms in total. The number of likely N-dealkylation sites (tertiary alicyclic amines) is 1. The third kappa shape index (κ3) is 3.69. The van der Waals surface area contributed by atoms with E-state index in [1.54, 1.807) is 12.1 Å². The maximum atomic E-state index is 14.0. The van der Waals surface area contributed by atoms with Gasteiger partial charge >= 0.3 is 0 Å². The average molecular weight is 339 g/mol. The van der Waals surface area contributed by atoms with Crippen molar-refractivity contribution in [3.63, 3.8) is 0 Å². The SMILES string of the molecule is NCC1CC(CC(=O)N2CCCC2Cc2c(F)cccc2Cl)C1. The van der Waals surface area contributed by atoms with Gasteiger partial charge in [-0.2, -0.15) is 0 Å². The van der Waals surface area contributed by atoms with Crippen molar-refractivity contribution in [2.24, 2.45) is 17.6 Å². The third-order valence-electron chi connectivity index (χ3n) is 5.33. The molecule has 0 spiro atoms. The smallest absolute Gasteiger partial charge is 0.223 e. The van der Waals surface area contributed by atoms with E-state index in [0.717, 1.165) is 38.8 Å². The highest BCUT2D eigenvalue weighted by molar-refractivity contribution is 6.31. The molecule has 23 heavy (non-hydrogen) atoms. The Kier molecular flexibility index (Phi) is 5.22. The Hall–Kier alpha value is -1.13. The van der Waals surface area contributed by atoms with E-state index in [1.165, 1.54) is 6.07 Å². The summed E-state index contributed by atoms with van der Waals surface area (Å²) in [6.45, 7) is 1.51. The van der Waals surface area contributed by atoms with Crippen molar-refractivity contribution in [2.45, 2.75) is 44.6 Å². The summed E-state index contributed by atoms with van der Waals surface area (Å²) < 4.78 is 14.0. The molecule has 3 rings (SSSR count). The van der Waals surface area contributed by atoms with Crippen LogP contribution in [0.4, 0.5) is 4.39 Å². The number of benzene rings is 1. The minimum Gasteiger partial charge on any atom is -0.339 e. The highest BCUT2D eigenvalue weighted by atomic mass is 35.5. The number of amides is 1. The molecule has 1 unspecified atom stereocenters. The fraction of sp³-hybridized carbons (Fsp3) is 0.611. The van der Waals surface area contributed by atoms with Crippen LogP contribution in [-0.4, -0.2) is 29.9 Å². The Morgan fingerprint density at radius 3 is 2.83 bits per heavy atom. The molecule has 0 aromatic heterocycles. The number of nitrogens with zero attached hydrogens (tertiary/aromatic N) is 1. The molecule has 1 aliphatic heterocycles. The number of hydrogen-bond donors (Lipinski definition) is 1. The summed E-state index contributed by atoms with van der Waals surface area (Å²) in [4.78, 5) is 14.5. The van der Waals surface area contributed by atoms with Crippen molar-refractivity contribution in [3.8, 4) is 0 Å². The first-order valence-electron chi connectivity index (χ1n) is 8.51. The molecule has 2 fully saturated rings. The maximum Gasteiger partial charge on any atom is 0.223 e. The van der Waals surface area contributed by atoms with E-state index in [9.17, 15) is 9.18 Å². The van der Waals surface area contributed by atoms with Gasteiger partial charge in [-0.05, 0) is 62.6 Å². The molecule has 1 saturated heterocycles. The molecule has 1 amide bonds. The topological polar surface area (TPSA) is 46.3 Å². The van der Waals surface area contributed by atoms with Gasteiger partial charge in [-0.15, -0.1) is 0 Å². The number of nitrogens with two attached hydrogens (primary N) is 1. The molecule has 1 heterocycles. The molecule has 0 radical (unpaired) electrons. The third-order valence-corrected chi connectivity index (χ3v) is 5.68. The minimum atomic E-state index is -0.276. The van der Waals surface area contributed by atoms with Crippen LogP contribution in [-0.2, 0) is 11.2 Å². The second kappa shape index (κ2) is 7.18. The van der Waals surface area contributed by atoms with Crippen LogP contribution >= 0.6 is 11.6 Å². The van der Waals surface area contributed by atoms with Gasteiger partial charge in [-0.3, -0.25) is 4.79 Å². The number of carbonyl (C=O) groups is 1. The summed E-state index contributed by atoms with van der Waals surface area (Å²) >= 11 is 6.13. The second-order valence-corrected chi connectivity index (χ2v) is 7.34. The van der Waals surface area contributed by atoms with Gasteiger partial charge in [-0.25, -0.2) is 4.39 Å². The number of halogens is 2. The summed E-state index contributed by atoms with van der Waals surface area (Å²) in [5.41, 5.74) is 6.17. The van der Waals surface area contributed by atoms with E-state index in [0.29, 0.717) is 35.3 Å². The molecule has 5 heteroatoms. The van der Waals surface area contributed by atoms with Gasteiger partial charge in [0, 0.05) is 29.6 Å². The van der Waals surface area contributed by atoms with Crippen LogP contribution < -0.4 is 5.73 Å². The standard InChI is InChI=1S/C18H24ClFN2O/c19-16-4-1-5-17(20)15(16)10-14-3-2-6-22(14)18(23)9-12-7-13(8-12)11-21/h1,4-5,12-14H,2-3,6-11,21H2. The first-order valence-corrected chi connectivity index (χ1v) is 8.88. The zero-order valence-corrected chi connectivity index (χ0v) is 14.1. The Labute approximate surface area is 142 Å². The van der Waals surface area contributed by atoms with Crippen LogP contribution in [0.1, 0.15) is 37.7 Å². The van der Waals surface area contributed by atoms with Gasteiger partial charge in [-0.1, -0.05) is 17.7 Å².